The normalized spacial score (nSPS) is 11.7. The van der Waals surface area contributed by atoms with Crippen molar-refractivity contribution in [1.82, 2.24) is 10.6 Å². The molecule has 166 valence electrons. The molecule has 0 radical (unpaired) electrons. The maximum absolute atomic E-state index is 13.6. The molecule has 0 saturated heterocycles. The molecule has 0 unspecified atom stereocenters. The highest BCUT2D eigenvalue weighted by Crippen LogP contribution is 2.15. The number of guanidine groups is 1. The topological polar surface area (TPSA) is 70.6 Å². The summed E-state index contributed by atoms with van der Waals surface area (Å²) in [5, 5.41) is 6.30. The molecule has 2 aromatic rings. The summed E-state index contributed by atoms with van der Waals surface area (Å²) in [4.78, 5) is 4.45. The number of benzene rings is 2. The number of nitrogens with one attached hydrogen (secondary N) is 2. The van der Waals surface area contributed by atoms with Crippen LogP contribution in [0.4, 0.5) is 8.78 Å². The summed E-state index contributed by atoms with van der Waals surface area (Å²) in [6.45, 7) is 3.36. The Morgan fingerprint density at radius 1 is 1.03 bits per heavy atom. The van der Waals surface area contributed by atoms with Crippen LogP contribution in [0.15, 0.2) is 47.5 Å². The molecule has 0 fully saturated rings. The lowest BCUT2D eigenvalue weighted by Crippen LogP contribution is -2.37. The summed E-state index contributed by atoms with van der Waals surface area (Å²) >= 11 is 0. The first-order valence-electron chi connectivity index (χ1n) is 9.48. The average molecular weight is 551 g/mol. The van der Waals surface area contributed by atoms with Crippen molar-refractivity contribution in [3.8, 4) is 0 Å². The molecule has 0 saturated carbocycles. The summed E-state index contributed by atoms with van der Waals surface area (Å²) in [6.07, 6.45) is 2.66. The van der Waals surface area contributed by atoms with Crippen LogP contribution in [-0.4, -0.2) is 33.7 Å². The van der Waals surface area contributed by atoms with Crippen molar-refractivity contribution in [2.24, 2.45) is 4.99 Å². The van der Waals surface area contributed by atoms with Crippen LogP contribution in [0.2, 0.25) is 0 Å². The minimum atomic E-state index is -3.24. The molecule has 0 bridgehead atoms. The van der Waals surface area contributed by atoms with E-state index in [0.29, 0.717) is 30.2 Å². The van der Waals surface area contributed by atoms with Crippen LogP contribution in [0.5, 0.6) is 0 Å². The fourth-order valence-electron chi connectivity index (χ4n) is 2.86. The van der Waals surface area contributed by atoms with E-state index in [1.165, 1.54) is 30.3 Å². The largest absolute Gasteiger partial charge is 0.357 e. The van der Waals surface area contributed by atoms with Gasteiger partial charge in [0.05, 0.1) is 12.3 Å². The van der Waals surface area contributed by atoms with Gasteiger partial charge in [0.2, 0.25) is 0 Å². The van der Waals surface area contributed by atoms with Crippen molar-refractivity contribution in [1.29, 1.82) is 0 Å². The summed E-state index contributed by atoms with van der Waals surface area (Å²) in [6, 6.07) is 10.6. The Balaban J connectivity index is 0.00000450. The molecule has 2 N–H and O–H groups in total. The van der Waals surface area contributed by atoms with Gasteiger partial charge in [-0.2, -0.15) is 0 Å². The standard InChI is InChI=1S/C21H27F2N3O2S.HI/c1-3-24-21(25-11-5-7-16-6-4-8-19(22)12-16)26-14-18-13-20(23)10-9-17(18)15-29(2,27)28;/h4,6,8-10,12-13H,3,5,7,11,14-15H2,1-2H3,(H2,24,25,26);1H. The zero-order chi connectivity index (χ0) is 21.3. The Kier molecular flexibility index (Phi) is 11.2. The second-order valence-electron chi connectivity index (χ2n) is 6.84. The highest BCUT2D eigenvalue weighted by molar-refractivity contribution is 14.0. The number of halogens is 3. The van der Waals surface area contributed by atoms with Gasteiger partial charge in [-0.3, -0.25) is 0 Å². The number of aliphatic imine (C=N–C) groups is 1. The molecule has 0 amide bonds. The highest BCUT2D eigenvalue weighted by Gasteiger charge is 2.11. The van der Waals surface area contributed by atoms with Gasteiger partial charge in [0.15, 0.2) is 15.8 Å². The minimum absolute atomic E-state index is 0. The average Bonchev–Trinajstić information content (AvgIpc) is 2.64. The van der Waals surface area contributed by atoms with Gasteiger partial charge in [-0.15, -0.1) is 24.0 Å². The second-order valence-corrected chi connectivity index (χ2v) is 8.98. The van der Waals surface area contributed by atoms with Crippen LogP contribution < -0.4 is 10.6 Å². The lowest BCUT2D eigenvalue weighted by Gasteiger charge is -2.12. The Morgan fingerprint density at radius 3 is 2.43 bits per heavy atom. The Morgan fingerprint density at radius 2 is 1.77 bits per heavy atom. The number of sulfone groups is 1. The van der Waals surface area contributed by atoms with Crippen molar-refractivity contribution in [2.45, 2.75) is 32.1 Å². The van der Waals surface area contributed by atoms with Crippen LogP contribution in [0.25, 0.3) is 0 Å². The predicted octanol–water partition coefficient (Wildman–Crippen LogP) is 3.82. The fraction of sp³-hybridized carbons (Fsp3) is 0.381. The Labute approximate surface area is 194 Å². The highest BCUT2D eigenvalue weighted by atomic mass is 127. The van der Waals surface area contributed by atoms with E-state index in [1.807, 2.05) is 13.0 Å². The fourth-order valence-corrected chi connectivity index (χ4v) is 3.71. The number of hydrogen-bond acceptors (Lipinski definition) is 3. The van der Waals surface area contributed by atoms with E-state index >= 15 is 0 Å². The quantitative estimate of drug-likeness (QED) is 0.215. The SMILES string of the molecule is CCNC(=NCc1cc(F)ccc1CS(C)(=O)=O)NCCCc1cccc(F)c1.I. The molecule has 0 heterocycles. The number of hydrogen-bond donors (Lipinski definition) is 2. The van der Waals surface area contributed by atoms with Gasteiger partial charge in [-0.05, 0) is 60.7 Å². The van der Waals surface area contributed by atoms with Crippen LogP contribution >= 0.6 is 24.0 Å². The Hall–Kier alpha value is -1.75. The third-order valence-electron chi connectivity index (χ3n) is 4.16. The Bertz CT molecular complexity index is 953. The van der Waals surface area contributed by atoms with Crippen molar-refractivity contribution in [3.05, 3.63) is 70.8 Å². The van der Waals surface area contributed by atoms with E-state index in [4.69, 9.17) is 0 Å². The van der Waals surface area contributed by atoms with E-state index in [2.05, 4.69) is 15.6 Å². The monoisotopic (exact) mass is 551 g/mol. The molecule has 0 aliphatic rings. The molecule has 0 aliphatic carbocycles. The smallest absolute Gasteiger partial charge is 0.191 e. The van der Waals surface area contributed by atoms with Crippen LogP contribution in [0.1, 0.15) is 30.0 Å². The molecule has 5 nitrogen and oxygen atoms in total. The van der Waals surface area contributed by atoms with Gasteiger partial charge in [-0.25, -0.2) is 22.2 Å². The summed E-state index contributed by atoms with van der Waals surface area (Å²) in [5.74, 6) is -0.275. The van der Waals surface area contributed by atoms with Gasteiger partial charge in [0.1, 0.15) is 11.6 Å². The second kappa shape index (κ2) is 12.8. The van der Waals surface area contributed by atoms with E-state index < -0.39 is 15.7 Å². The van der Waals surface area contributed by atoms with Crippen molar-refractivity contribution in [3.63, 3.8) is 0 Å². The lowest BCUT2D eigenvalue weighted by molar-refractivity contribution is 0.600. The molecule has 30 heavy (non-hydrogen) atoms. The van der Waals surface area contributed by atoms with Gasteiger partial charge in [0.25, 0.3) is 0 Å². The molecule has 0 atom stereocenters. The van der Waals surface area contributed by atoms with Crippen molar-refractivity contribution < 1.29 is 17.2 Å². The molecule has 2 rings (SSSR count). The summed E-state index contributed by atoms with van der Waals surface area (Å²) < 4.78 is 50.1. The number of aryl methyl sites for hydroxylation is 1. The zero-order valence-corrected chi connectivity index (χ0v) is 20.3. The maximum atomic E-state index is 13.6. The number of rotatable bonds is 9. The third-order valence-corrected chi connectivity index (χ3v) is 5.00. The lowest BCUT2D eigenvalue weighted by atomic mass is 10.1. The molecule has 9 heteroatoms. The van der Waals surface area contributed by atoms with Crippen molar-refractivity contribution in [2.75, 3.05) is 19.3 Å². The molecule has 2 aromatic carbocycles. The molecular formula is C21H28F2IN3O2S. The van der Waals surface area contributed by atoms with Gasteiger partial charge in [0, 0.05) is 19.3 Å². The molecule has 0 aliphatic heterocycles. The van der Waals surface area contributed by atoms with Crippen LogP contribution in [0.3, 0.4) is 0 Å². The predicted molar refractivity (Wildman–Crippen MR) is 128 cm³/mol. The van der Waals surface area contributed by atoms with Crippen LogP contribution in [-0.2, 0) is 28.6 Å². The van der Waals surface area contributed by atoms with Crippen molar-refractivity contribution >= 4 is 39.8 Å². The molecule has 0 spiro atoms. The molecular weight excluding hydrogens is 523 g/mol. The van der Waals surface area contributed by atoms with Gasteiger partial charge >= 0.3 is 0 Å². The van der Waals surface area contributed by atoms with Crippen LogP contribution in [0, 0.1) is 11.6 Å². The van der Waals surface area contributed by atoms with E-state index in [1.54, 1.807) is 6.07 Å². The zero-order valence-electron chi connectivity index (χ0n) is 17.1. The first-order chi connectivity index (χ1) is 13.8. The maximum Gasteiger partial charge on any atom is 0.191 e. The van der Waals surface area contributed by atoms with E-state index in [0.717, 1.165) is 24.7 Å². The molecule has 0 aromatic heterocycles. The number of nitrogens with zero attached hydrogens (tertiary/aromatic N) is 1. The van der Waals surface area contributed by atoms with Gasteiger partial charge < -0.3 is 10.6 Å². The van der Waals surface area contributed by atoms with E-state index in [-0.39, 0.29) is 42.1 Å². The van der Waals surface area contributed by atoms with E-state index in [9.17, 15) is 17.2 Å². The minimum Gasteiger partial charge on any atom is -0.357 e. The summed E-state index contributed by atoms with van der Waals surface area (Å²) in [5.41, 5.74) is 2.01. The summed E-state index contributed by atoms with van der Waals surface area (Å²) in [7, 11) is -3.24. The third kappa shape index (κ3) is 9.84. The van der Waals surface area contributed by atoms with Gasteiger partial charge in [-0.1, -0.05) is 18.2 Å². The first-order valence-corrected chi connectivity index (χ1v) is 11.5. The first kappa shape index (κ1) is 26.3.